The molecule has 0 spiro atoms. The molecule has 0 atom stereocenters. The van der Waals surface area contributed by atoms with Crippen molar-refractivity contribution in [2.45, 2.75) is 4.90 Å². The normalized spacial score (nSPS) is 11.2. The van der Waals surface area contributed by atoms with Crippen LogP contribution in [0.15, 0.2) is 47.4 Å². The Kier molecular flexibility index (Phi) is 4.48. The summed E-state index contributed by atoms with van der Waals surface area (Å²) in [5.74, 6) is -0.0709. The Hall–Kier alpha value is -1.35. The van der Waals surface area contributed by atoms with Crippen molar-refractivity contribution >= 4 is 38.3 Å². The molecule has 0 amide bonds. The minimum atomic E-state index is -3.82. The molecule has 0 fully saturated rings. The van der Waals surface area contributed by atoms with Gasteiger partial charge >= 0.3 is 0 Å². The Morgan fingerprint density at radius 2 is 1.80 bits per heavy atom. The third kappa shape index (κ3) is 3.40. The van der Waals surface area contributed by atoms with Crippen LogP contribution in [0.5, 0.6) is 5.75 Å². The number of hydrogen-bond donors (Lipinski definition) is 1. The van der Waals surface area contributed by atoms with Crippen molar-refractivity contribution in [2.24, 2.45) is 0 Å². The largest absolute Gasteiger partial charge is 0.497 e. The Labute approximate surface area is 130 Å². The summed E-state index contributed by atoms with van der Waals surface area (Å²) in [4.78, 5) is 0.0382. The topological polar surface area (TPSA) is 55.4 Å². The Morgan fingerprint density at radius 3 is 2.35 bits per heavy atom. The smallest absolute Gasteiger partial charge is 0.261 e. The van der Waals surface area contributed by atoms with Gasteiger partial charge in [-0.05, 0) is 65.1 Å². The fourth-order valence-electron chi connectivity index (χ4n) is 1.53. The molecule has 2 aromatic carbocycles. The first kappa shape index (κ1) is 15.0. The van der Waals surface area contributed by atoms with E-state index in [1.54, 1.807) is 6.07 Å². The molecule has 1 N–H and O–H groups in total. The van der Waals surface area contributed by atoms with Crippen molar-refractivity contribution in [3.8, 4) is 5.75 Å². The number of benzene rings is 2. The summed E-state index contributed by atoms with van der Waals surface area (Å²) in [6, 6.07) is 10.1. The van der Waals surface area contributed by atoms with Gasteiger partial charge in [0.05, 0.1) is 17.7 Å². The molecule has 20 heavy (non-hydrogen) atoms. The highest BCUT2D eigenvalue weighted by atomic mass is 127. The van der Waals surface area contributed by atoms with E-state index in [0.717, 1.165) is 0 Å². The van der Waals surface area contributed by atoms with Gasteiger partial charge in [0.1, 0.15) is 11.6 Å². The lowest BCUT2D eigenvalue weighted by molar-refractivity contribution is 0.414. The lowest BCUT2D eigenvalue weighted by Crippen LogP contribution is -2.14. The van der Waals surface area contributed by atoms with Gasteiger partial charge in [-0.3, -0.25) is 4.72 Å². The summed E-state index contributed by atoms with van der Waals surface area (Å²) in [5.41, 5.74) is -0.0822. The second kappa shape index (κ2) is 5.96. The Balaban J connectivity index is 2.30. The van der Waals surface area contributed by atoms with E-state index >= 15 is 0 Å². The fraction of sp³-hybridized carbons (Fsp3) is 0.0769. The second-order valence-electron chi connectivity index (χ2n) is 3.91. The maximum Gasteiger partial charge on any atom is 0.261 e. The average Bonchev–Trinajstić information content (AvgIpc) is 2.42. The SMILES string of the molecule is COc1ccc(S(=O)(=O)Nc2ccc(I)cc2F)cc1. The molecule has 0 aromatic heterocycles. The molecule has 106 valence electrons. The van der Waals surface area contributed by atoms with Gasteiger partial charge in [-0.1, -0.05) is 0 Å². The molecule has 2 rings (SSSR count). The third-order valence-electron chi connectivity index (χ3n) is 2.55. The number of ether oxygens (including phenoxy) is 1. The van der Waals surface area contributed by atoms with Gasteiger partial charge in [0.2, 0.25) is 0 Å². The summed E-state index contributed by atoms with van der Waals surface area (Å²) < 4.78 is 45.8. The van der Waals surface area contributed by atoms with Gasteiger partial charge in [0.15, 0.2) is 0 Å². The third-order valence-corrected chi connectivity index (χ3v) is 4.60. The van der Waals surface area contributed by atoms with Crippen LogP contribution in [0.25, 0.3) is 0 Å². The summed E-state index contributed by atoms with van der Waals surface area (Å²) in [6.45, 7) is 0. The molecular formula is C13H11FINO3S. The van der Waals surface area contributed by atoms with E-state index in [0.29, 0.717) is 9.32 Å². The highest BCUT2D eigenvalue weighted by Crippen LogP contribution is 2.22. The fourth-order valence-corrected chi connectivity index (χ4v) is 3.05. The first-order valence-corrected chi connectivity index (χ1v) is 8.10. The molecular weight excluding hydrogens is 396 g/mol. The molecule has 0 heterocycles. The first-order chi connectivity index (χ1) is 9.42. The summed E-state index contributed by atoms with van der Waals surface area (Å²) in [6.07, 6.45) is 0. The number of halogens is 2. The van der Waals surface area contributed by atoms with E-state index in [2.05, 4.69) is 4.72 Å². The molecule has 0 radical (unpaired) electrons. The van der Waals surface area contributed by atoms with Crippen molar-refractivity contribution in [3.05, 3.63) is 51.9 Å². The van der Waals surface area contributed by atoms with E-state index in [9.17, 15) is 12.8 Å². The minimum absolute atomic E-state index is 0.0382. The zero-order valence-electron chi connectivity index (χ0n) is 10.4. The van der Waals surface area contributed by atoms with Gasteiger partial charge in [-0.25, -0.2) is 12.8 Å². The lowest BCUT2D eigenvalue weighted by Gasteiger charge is -2.09. The number of methoxy groups -OCH3 is 1. The molecule has 7 heteroatoms. The van der Waals surface area contributed by atoms with Crippen LogP contribution in [0.4, 0.5) is 10.1 Å². The minimum Gasteiger partial charge on any atom is -0.497 e. The van der Waals surface area contributed by atoms with Crippen LogP contribution in [0.1, 0.15) is 0 Å². The molecule has 0 saturated heterocycles. The summed E-state index contributed by atoms with van der Waals surface area (Å²) in [5, 5.41) is 0. The lowest BCUT2D eigenvalue weighted by atomic mass is 10.3. The average molecular weight is 407 g/mol. The standard InChI is InChI=1S/C13H11FINO3S/c1-19-10-3-5-11(6-4-10)20(17,18)16-13-7-2-9(15)8-12(13)14/h2-8,16H,1H3. The molecule has 4 nitrogen and oxygen atoms in total. The van der Waals surface area contributed by atoms with Crippen LogP contribution in [0, 0.1) is 9.39 Å². The van der Waals surface area contributed by atoms with Crippen LogP contribution in [-0.4, -0.2) is 15.5 Å². The molecule has 0 unspecified atom stereocenters. The van der Waals surface area contributed by atoms with Crippen LogP contribution >= 0.6 is 22.6 Å². The molecule has 0 aliphatic carbocycles. The first-order valence-electron chi connectivity index (χ1n) is 5.54. The Bertz CT molecular complexity index is 717. The van der Waals surface area contributed by atoms with Gasteiger partial charge in [-0.15, -0.1) is 0 Å². The maximum atomic E-state index is 13.7. The van der Waals surface area contributed by atoms with Gasteiger partial charge < -0.3 is 4.74 Å². The molecule has 0 saturated carbocycles. The molecule has 0 aliphatic heterocycles. The molecule has 2 aromatic rings. The van der Waals surface area contributed by atoms with Crippen molar-refractivity contribution in [1.29, 1.82) is 0 Å². The Morgan fingerprint density at radius 1 is 1.15 bits per heavy atom. The number of nitrogens with one attached hydrogen (secondary N) is 1. The van der Waals surface area contributed by atoms with Crippen LogP contribution < -0.4 is 9.46 Å². The second-order valence-corrected chi connectivity index (χ2v) is 6.83. The highest BCUT2D eigenvalue weighted by molar-refractivity contribution is 14.1. The van der Waals surface area contributed by atoms with E-state index < -0.39 is 15.8 Å². The summed E-state index contributed by atoms with van der Waals surface area (Å²) in [7, 11) is -2.33. The zero-order valence-corrected chi connectivity index (χ0v) is 13.4. The van der Waals surface area contributed by atoms with Crippen LogP contribution in [0.2, 0.25) is 0 Å². The van der Waals surface area contributed by atoms with Crippen molar-refractivity contribution in [3.63, 3.8) is 0 Å². The monoisotopic (exact) mass is 407 g/mol. The predicted molar refractivity (Wildman–Crippen MR) is 82.9 cm³/mol. The van der Waals surface area contributed by atoms with Crippen molar-refractivity contribution < 1.29 is 17.5 Å². The van der Waals surface area contributed by atoms with E-state index in [1.807, 2.05) is 22.6 Å². The van der Waals surface area contributed by atoms with Gasteiger partial charge in [0.25, 0.3) is 10.0 Å². The number of sulfonamides is 1. The van der Waals surface area contributed by atoms with Gasteiger partial charge in [0, 0.05) is 3.57 Å². The quantitative estimate of drug-likeness (QED) is 0.792. The summed E-state index contributed by atoms with van der Waals surface area (Å²) >= 11 is 1.95. The van der Waals surface area contributed by atoms with Crippen LogP contribution in [0.3, 0.4) is 0 Å². The number of hydrogen-bond acceptors (Lipinski definition) is 3. The maximum absolute atomic E-state index is 13.7. The highest BCUT2D eigenvalue weighted by Gasteiger charge is 2.16. The van der Waals surface area contributed by atoms with Gasteiger partial charge in [-0.2, -0.15) is 0 Å². The number of rotatable bonds is 4. The van der Waals surface area contributed by atoms with Crippen molar-refractivity contribution in [1.82, 2.24) is 0 Å². The van der Waals surface area contributed by atoms with E-state index in [4.69, 9.17) is 4.74 Å². The van der Waals surface area contributed by atoms with Crippen LogP contribution in [-0.2, 0) is 10.0 Å². The van der Waals surface area contributed by atoms with Crippen molar-refractivity contribution in [2.75, 3.05) is 11.8 Å². The van der Waals surface area contributed by atoms with E-state index in [1.165, 1.54) is 43.5 Å². The van der Waals surface area contributed by atoms with E-state index in [-0.39, 0.29) is 10.6 Å². The zero-order chi connectivity index (χ0) is 14.8. The molecule has 0 aliphatic rings. The molecule has 0 bridgehead atoms. The predicted octanol–water partition coefficient (Wildman–Crippen LogP) is 3.24. The number of anilines is 1.